The van der Waals surface area contributed by atoms with Gasteiger partial charge in [-0.15, -0.1) is 13.2 Å². The van der Waals surface area contributed by atoms with Gasteiger partial charge in [0.1, 0.15) is 5.75 Å². The molecule has 1 rings (SSSR count). The summed E-state index contributed by atoms with van der Waals surface area (Å²) >= 11 is 0. The van der Waals surface area contributed by atoms with Crippen molar-refractivity contribution in [3.8, 4) is 5.75 Å². The van der Waals surface area contributed by atoms with Gasteiger partial charge in [0.25, 0.3) is 0 Å². The third-order valence-electron chi connectivity index (χ3n) is 3.80. The van der Waals surface area contributed by atoms with E-state index in [9.17, 15) is 18.0 Å². The molecule has 0 radical (unpaired) electrons. The molecule has 0 aromatic heterocycles. The number of hydrogen-bond donors (Lipinski definition) is 0. The van der Waals surface area contributed by atoms with Crippen LogP contribution < -0.4 is 4.74 Å². The fourth-order valence-electron chi connectivity index (χ4n) is 1.95. The number of hydrogen-bond acceptors (Lipinski definition) is 3. The van der Waals surface area contributed by atoms with Gasteiger partial charge >= 0.3 is 6.36 Å². The van der Waals surface area contributed by atoms with Crippen LogP contribution in [0.4, 0.5) is 13.2 Å². The lowest BCUT2D eigenvalue weighted by Crippen LogP contribution is -2.48. The minimum absolute atomic E-state index is 0.0273. The first-order valence-corrected chi connectivity index (χ1v) is 6.64. The molecule has 1 aromatic carbocycles. The van der Waals surface area contributed by atoms with Crippen molar-refractivity contribution in [1.29, 1.82) is 0 Å². The number of carbonyl (C=O) groups is 1. The van der Waals surface area contributed by atoms with Crippen LogP contribution in [0, 0.1) is 0 Å². The van der Waals surface area contributed by atoms with Crippen LogP contribution in [0.3, 0.4) is 0 Å². The molecule has 0 N–H and O–H groups in total. The molecular weight excluding hydrogens is 283 g/mol. The van der Waals surface area contributed by atoms with Crippen LogP contribution in [-0.4, -0.2) is 36.7 Å². The van der Waals surface area contributed by atoms with Crippen LogP contribution in [0.15, 0.2) is 24.3 Å². The van der Waals surface area contributed by atoms with Gasteiger partial charge in [-0.1, -0.05) is 19.1 Å². The first-order valence-electron chi connectivity index (χ1n) is 6.64. The van der Waals surface area contributed by atoms with Gasteiger partial charge in [-0.2, -0.15) is 0 Å². The van der Waals surface area contributed by atoms with Crippen molar-refractivity contribution in [3.05, 3.63) is 29.8 Å². The molecule has 0 amide bonds. The number of benzene rings is 1. The highest BCUT2D eigenvalue weighted by atomic mass is 19.4. The topological polar surface area (TPSA) is 29.5 Å². The highest BCUT2D eigenvalue weighted by Crippen LogP contribution is 2.24. The lowest BCUT2D eigenvalue weighted by Gasteiger charge is -2.34. The van der Waals surface area contributed by atoms with Crippen molar-refractivity contribution in [2.45, 2.75) is 38.6 Å². The van der Waals surface area contributed by atoms with E-state index in [1.165, 1.54) is 24.3 Å². The molecule has 0 fully saturated rings. The molecule has 0 heterocycles. The molecular formula is C15H20F3NO2. The van der Waals surface area contributed by atoms with Gasteiger partial charge < -0.3 is 4.74 Å². The number of alkyl halides is 3. The Balaban J connectivity index is 2.78. The van der Waals surface area contributed by atoms with Crippen molar-refractivity contribution in [3.63, 3.8) is 0 Å². The predicted molar refractivity (Wildman–Crippen MR) is 74.2 cm³/mol. The van der Waals surface area contributed by atoms with Crippen LogP contribution in [0.5, 0.6) is 5.75 Å². The molecule has 0 aliphatic carbocycles. The Morgan fingerprint density at radius 2 is 1.71 bits per heavy atom. The molecule has 118 valence electrons. The zero-order valence-corrected chi connectivity index (χ0v) is 12.6. The standard InChI is InChI=1S/C15H20F3NO2/c1-5-14(2,19(3)4)13(20)10-11-6-8-12(9-7-11)21-15(16,17)18/h6-9H,5,10H2,1-4H3. The fraction of sp³-hybridized carbons (Fsp3) is 0.533. The first-order chi connectivity index (χ1) is 9.58. The Kier molecular flexibility index (Phi) is 5.39. The van der Waals surface area contributed by atoms with Gasteiger partial charge in [-0.3, -0.25) is 9.69 Å². The number of rotatable bonds is 6. The Hall–Kier alpha value is -1.56. The Morgan fingerprint density at radius 1 is 1.19 bits per heavy atom. The quantitative estimate of drug-likeness (QED) is 0.806. The molecule has 0 aliphatic rings. The molecule has 6 heteroatoms. The molecule has 0 saturated carbocycles. The Labute approximate surface area is 122 Å². The zero-order valence-electron chi connectivity index (χ0n) is 12.6. The van der Waals surface area contributed by atoms with Gasteiger partial charge in [0, 0.05) is 6.42 Å². The first kappa shape index (κ1) is 17.5. The van der Waals surface area contributed by atoms with E-state index in [1.807, 2.05) is 32.8 Å². The number of halogens is 3. The number of ketones is 1. The van der Waals surface area contributed by atoms with Gasteiger partial charge in [0.15, 0.2) is 5.78 Å². The number of likely N-dealkylation sites (N-methyl/N-ethyl adjacent to an activating group) is 1. The van der Waals surface area contributed by atoms with Crippen LogP contribution in [0.25, 0.3) is 0 Å². The number of Topliss-reactive ketones (excluding diaryl/α,β-unsaturated/α-hetero) is 1. The van der Waals surface area contributed by atoms with E-state index in [0.29, 0.717) is 12.0 Å². The molecule has 3 nitrogen and oxygen atoms in total. The van der Waals surface area contributed by atoms with Crippen molar-refractivity contribution >= 4 is 5.78 Å². The van der Waals surface area contributed by atoms with Crippen molar-refractivity contribution in [2.75, 3.05) is 14.1 Å². The average Bonchev–Trinajstić information content (AvgIpc) is 2.38. The maximum absolute atomic E-state index is 12.4. The largest absolute Gasteiger partial charge is 0.573 e. The van der Waals surface area contributed by atoms with E-state index in [-0.39, 0.29) is 18.0 Å². The highest BCUT2D eigenvalue weighted by Gasteiger charge is 2.33. The van der Waals surface area contributed by atoms with Crippen molar-refractivity contribution < 1.29 is 22.7 Å². The summed E-state index contributed by atoms with van der Waals surface area (Å²) in [4.78, 5) is 14.2. The second-order valence-electron chi connectivity index (χ2n) is 5.31. The summed E-state index contributed by atoms with van der Waals surface area (Å²) in [6.45, 7) is 3.79. The fourth-order valence-corrected chi connectivity index (χ4v) is 1.95. The van der Waals surface area contributed by atoms with E-state index < -0.39 is 11.9 Å². The lowest BCUT2D eigenvalue weighted by molar-refractivity contribution is -0.274. The van der Waals surface area contributed by atoms with Crippen molar-refractivity contribution in [2.24, 2.45) is 0 Å². The molecule has 0 spiro atoms. The predicted octanol–water partition coefficient (Wildman–Crippen LogP) is 3.43. The maximum Gasteiger partial charge on any atom is 0.573 e. The number of carbonyl (C=O) groups excluding carboxylic acids is 1. The third kappa shape index (κ3) is 4.74. The van der Waals surface area contributed by atoms with E-state index in [1.54, 1.807) is 0 Å². The SMILES string of the molecule is CCC(C)(C(=O)Cc1ccc(OC(F)(F)F)cc1)N(C)C. The monoisotopic (exact) mass is 303 g/mol. The molecule has 0 aliphatic heterocycles. The van der Waals surface area contributed by atoms with Crippen LogP contribution in [0.2, 0.25) is 0 Å². The molecule has 1 aromatic rings. The second kappa shape index (κ2) is 6.47. The van der Waals surface area contributed by atoms with Gasteiger partial charge in [0.2, 0.25) is 0 Å². The molecule has 0 bridgehead atoms. The Morgan fingerprint density at radius 3 is 2.10 bits per heavy atom. The van der Waals surface area contributed by atoms with E-state index in [4.69, 9.17) is 0 Å². The second-order valence-corrected chi connectivity index (χ2v) is 5.31. The van der Waals surface area contributed by atoms with Crippen LogP contribution in [0.1, 0.15) is 25.8 Å². The summed E-state index contributed by atoms with van der Waals surface area (Å²) in [5.41, 5.74) is 0.0808. The highest BCUT2D eigenvalue weighted by molar-refractivity contribution is 5.89. The lowest BCUT2D eigenvalue weighted by atomic mass is 9.88. The third-order valence-corrected chi connectivity index (χ3v) is 3.80. The summed E-state index contributed by atoms with van der Waals surface area (Å²) in [6.07, 6.45) is -3.87. The maximum atomic E-state index is 12.4. The molecule has 21 heavy (non-hydrogen) atoms. The Bertz CT molecular complexity index is 483. The van der Waals surface area contributed by atoms with E-state index in [0.717, 1.165) is 0 Å². The van der Waals surface area contributed by atoms with E-state index >= 15 is 0 Å². The number of nitrogens with zero attached hydrogens (tertiary/aromatic N) is 1. The molecule has 0 saturated heterocycles. The van der Waals surface area contributed by atoms with E-state index in [2.05, 4.69) is 4.74 Å². The summed E-state index contributed by atoms with van der Waals surface area (Å²) in [5, 5.41) is 0. The summed E-state index contributed by atoms with van der Waals surface area (Å²) in [5.74, 6) is -0.260. The smallest absolute Gasteiger partial charge is 0.406 e. The molecule has 1 atom stereocenters. The average molecular weight is 303 g/mol. The van der Waals surface area contributed by atoms with Crippen molar-refractivity contribution in [1.82, 2.24) is 4.90 Å². The minimum Gasteiger partial charge on any atom is -0.406 e. The summed E-state index contributed by atoms with van der Waals surface area (Å²) < 4.78 is 40.0. The normalized spacial score (nSPS) is 14.9. The number of ether oxygens (including phenoxy) is 1. The zero-order chi connectivity index (χ0) is 16.3. The molecule has 1 unspecified atom stereocenters. The van der Waals surface area contributed by atoms with Gasteiger partial charge in [-0.05, 0) is 45.1 Å². The summed E-state index contributed by atoms with van der Waals surface area (Å²) in [7, 11) is 3.67. The summed E-state index contributed by atoms with van der Waals surface area (Å²) in [6, 6.07) is 5.39. The van der Waals surface area contributed by atoms with Gasteiger partial charge in [-0.25, -0.2) is 0 Å². The van der Waals surface area contributed by atoms with Crippen LogP contribution >= 0.6 is 0 Å². The van der Waals surface area contributed by atoms with Gasteiger partial charge in [0.05, 0.1) is 5.54 Å². The van der Waals surface area contributed by atoms with Crippen LogP contribution in [-0.2, 0) is 11.2 Å². The minimum atomic E-state index is -4.71.